The lowest BCUT2D eigenvalue weighted by Gasteiger charge is -2.61. The van der Waals surface area contributed by atoms with Crippen molar-refractivity contribution in [2.75, 3.05) is 0 Å². The molecule has 0 bridgehead atoms. The van der Waals surface area contributed by atoms with Crippen LogP contribution in [0.4, 0.5) is 0 Å². The first-order valence-corrected chi connectivity index (χ1v) is 13.8. The number of carbonyl (C=O) groups is 1. The van der Waals surface area contributed by atoms with E-state index in [0.717, 1.165) is 25.7 Å². The number of fused-ring (bicyclic) bond motifs is 4. The molecule has 7 atom stereocenters. The molecule has 0 aromatic rings. The van der Waals surface area contributed by atoms with Crippen molar-refractivity contribution < 1.29 is 15.0 Å². The zero-order valence-corrected chi connectivity index (χ0v) is 22.7. The van der Waals surface area contributed by atoms with E-state index in [9.17, 15) is 15.0 Å². The van der Waals surface area contributed by atoms with Gasteiger partial charge in [-0.2, -0.15) is 0 Å². The molecule has 0 amide bonds. The van der Waals surface area contributed by atoms with Gasteiger partial charge in [0.05, 0.1) is 11.7 Å². The Hall–Kier alpha value is -0.670. The monoisotopic (exact) mass is 458 g/mol. The van der Waals surface area contributed by atoms with Crippen LogP contribution in [-0.2, 0) is 4.79 Å². The maximum absolute atomic E-state index is 12.8. The van der Waals surface area contributed by atoms with Gasteiger partial charge in [-0.05, 0) is 106 Å². The first-order valence-electron chi connectivity index (χ1n) is 13.8. The van der Waals surface area contributed by atoms with Crippen molar-refractivity contribution in [2.45, 2.75) is 131 Å². The van der Waals surface area contributed by atoms with Crippen LogP contribution in [0.3, 0.4) is 0 Å². The fourth-order valence-corrected chi connectivity index (χ4v) is 9.42. The molecule has 4 aliphatic rings. The van der Waals surface area contributed by atoms with Crippen LogP contribution in [0.25, 0.3) is 0 Å². The number of carbonyl (C=O) groups excluding carboxylic acids is 1. The van der Waals surface area contributed by atoms with Gasteiger partial charge in [-0.1, -0.05) is 52.7 Å². The summed E-state index contributed by atoms with van der Waals surface area (Å²) in [6, 6.07) is 0. The summed E-state index contributed by atoms with van der Waals surface area (Å²) < 4.78 is 0. The molecular weight excluding hydrogens is 408 g/mol. The maximum atomic E-state index is 12.8. The van der Waals surface area contributed by atoms with E-state index >= 15 is 0 Å². The Labute approximate surface area is 202 Å². The normalized spacial score (nSPS) is 42.4. The van der Waals surface area contributed by atoms with E-state index in [2.05, 4.69) is 41.5 Å². The fourth-order valence-electron chi connectivity index (χ4n) is 9.42. The number of hydrogen-bond acceptors (Lipinski definition) is 3. The Morgan fingerprint density at radius 2 is 1.61 bits per heavy atom. The van der Waals surface area contributed by atoms with Crippen molar-refractivity contribution in [3.05, 3.63) is 11.1 Å². The zero-order valence-electron chi connectivity index (χ0n) is 22.7. The van der Waals surface area contributed by atoms with Gasteiger partial charge in [0.1, 0.15) is 5.78 Å². The summed E-state index contributed by atoms with van der Waals surface area (Å²) in [5, 5.41) is 20.6. The third kappa shape index (κ3) is 3.62. The summed E-state index contributed by atoms with van der Waals surface area (Å²) in [6.07, 6.45) is 10.1. The molecule has 33 heavy (non-hydrogen) atoms. The highest BCUT2D eigenvalue weighted by molar-refractivity contribution is 5.85. The molecule has 2 saturated carbocycles. The fraction of sp³-hybridized carbons (Fsp3) is 0.900. The number of rotatable bonds is 5. The lowest BCUT2D eigenvalue weighted by molar-refractivity contribution is -0.139. The highest BCUT2D eigenvalue weighted by atomic mass is 16.3. The third-order valence-corrected chi connectivity index (χ3v) is 12.0. The molecule has 188 valence electrons. The molecule has 3 heteroatoms. The molecule has 2 N–H and O–H groups in total. The maximum Gasteiger partial charge on any atom is 0.138 e. The number of allylic oxidation sites excluding steroid dienone is 2. The molecule has 0 aromatic carbocycles. The van der Waals surface area contributed by atoms with Crippen molar-refractivity contribution >= 4 is 5.78 Å². The van der Waals surface area contributed by atoms with Crippen LogP contribution >= 0.6 is 0 Å². The molecule has 3 nitrogen and oxygen atoms in total. The van der Waals surface area contributed by atoms with Crippen LogP contribution in [0.2, 0.25) is 0 Å². The van der Waals surface area contributed by atoms with Crippen molar-refractivity contribution in [1.29, 1.82) is 0 Å². The highest BCUT2D eigenvalue weighted by Crippen LogP contribution is 2.72. The summed E-state index contributed by atoms with van der Waals surface area (Å²) in [5.74, 6) is 2.18. The van der Waals surface area contributed by atoms with Crippen LogP contribution < -0.4 is 0 Å². The van der Waals surface area contributed by atoms with Gasteiger partial charge in [-0.3, -0.25) is 4.79 Å². The van der Waals surface area contributed by atoms with Gasteiger partial charge in [-0.25, -0.2) is 0 Å². The minimum Gasteiger partial charge on any atom is -0.390 e. The second kappa shape index (κ2) is 7.92. The van der Waals surface area contributed by atoms with E-state index < -0.39 is 11.7 Å². The predicted molar refractivity (Wildman–Crippen MR) is 135 cm³/mol. The van der Waals surface area contributed by atoms with Crippen molar-refractivity contribution in [1.82, 2.24) is 0 Å². The van der Waals surface area contributed by atoms with Gasteiger partial charge < -0.3 is 10.2 Å². The summed E-state index contributed by atoms with van der Waals surface area (Å²) >= 11 is 0. The molecule has 0 heterocycles. The second-order valence-corrected chi connectivity index (χ2v) is 14.2. The number of aliphatic hydroxyl groups excluding tert-OH is 1. The zero-order chi connectivity index (χ0) is 24.6. The Bertz CT molecular complexity index is 832. The van der Waals surface area contributed by atoms with Crippen LogP contribution in [0.15, 0.2) is 11.1 Å². The van der Waals surface area contributed by atoms with Gasteiger partial charge in [-0.15, -0.1) is 0 Å². The highest BCUT2D eigenvalue weighted by Gasteiger charge is 2.63. The first kappa shape index (κ1) is 25.4. The van der Waals surface area contributed by atoms with Crippen molar-refractivity contribution in [2.24, 2.45) is 39.4 Å². The smallest absolute Gasteiger partial charge is 0.138 e. The molecule has 0 radical (unpaired) electrons. The average Bonchev–Trinajstić information content (AvgIpc) is 3.00. The molecule has 0 aromatic heterocycles. The van der Waals surface area contributed by atoms with E-state index in [1.54, 1.807) is 25.0 Å². The van der Waals surface area contributed by atoms with Crippen LogP contribution in [0.1, 0.15) is 120 Å². The van der Waals surface area contributed by atoms with Gasteiger partial charge >= 0.3 is 0 Å². The van der Waals surface area contributed by atoms with E-state index in [0.29, 0.717) is 35.4 Å². The molecule has 4 rings (SSSR count). The third-order valence-electron chi connectivity index (χ3n) is 12.0. The first-order chi connectivity index (χ1) is 15.1. The van der Waals surface area contributed by atoms with Crippen LogP contribution in [0, 0.1) is 39.4 Å². The summed E-state index contributed by atoms with van der Waals surface area (Å²) in [4.78, 5) is 12.8. The second-order valence-electron chi connectivity index (χ2n) is 14.2. The summed E-state index contributed by atoms with van der Waals surface area (Å²) in [7, 11) is 0. The number of ketones is 1. The van der Waals surface area contributed by atoms with E-state index in [1.807, 2.05) is 0 Å². The van der Waals surface area contributed by atoms with E-state index in [-0.39, 0.29) is 16.2 Å². The SMILES string of the molecule is CC(CCC(O)C(C)(C)O)C1CC[C@@]2(C)C3=C(CCC12C)C1(C)CCC(=O)C(C)(C)C1CC3. The standard InChI is InChI=1S/C30H50O3/c1-19(9-12-25(32)27(4,5)33)20-13-17-30(8)22-10-11-23-26(2,3)24(31)15-16-28(23,6)21(22)14-18-29(20,30)7/h19-20,23,25,32-33H,9-18H2,1-8H3/t19?,20?,23?,25?,28?,29?,30-/m0/s1. The molecule has 2 fully saturated rings. The Kier molecular flexibility index (Phi) is 6.10. The molecular formula is C30H50O3. The number of aliphatic hydroxyl groups is 2. The van der Waals surface area contributed by atoms with Crippen molar-refractivity contribution in [3.63, 3.8) is 0 Å². The minimum atomic E-state index is -1.03. The Morgan fingerprint density at radius 3 is 2.24 bits per heavy atom. The lowest BCUT2D eigenvalue weighted by atomic mass is 9.43. The quantitative estimate of drug-likeness (QED) is 0.443. The predicted octanol–water partition coefficient (Wildman–Crippen LogP) is 6.85. The summed E-state index contributed by atoms with van der Waals surface area (Å²) in [6.45, 7) is 17.9. The molecule has 6 unspecified atom stereocenters. The Balaban J connectivity index is 1.61. The molecule has 4 aliphatic carbocycles. The molecule has 0 spiro atoms. The van der Waals surface area contributed by atoms with Gasteiger partial charge in [0, 0.05) is 11.8 Å². The lowest BCUT2D eigenvalue weighted by Crippen LogP contribution is -2.53. The van der Waals surface area contributed by atoms with Gasteiger partial charge in [0.25, 0.3) is 0 Å². The minimum absolute atomic E-state index is 0.190. The van der Waals surface area contributed by atoms with Gasteiger partial charge in [0.15, 0.2) is 0 Å². The molecule has 0 aliphatic heterocycles. The molecule has 0 saturated heterocycles. The average molecular weight is 459 g/mol. The van der Waals surface area contributed by atoms with Crippen molar-refractivity contribution in [3.8, 4) is 0 Å². The topological polar surface area (TPSA) is 57.5 Å². The number of hydrogen-bond donors (Lipinski definition) is 2. The van der Waals surface area contributed by atoms with E-state index in [1.165, 1.54) is 32.1 Å². The Morgan fingerprint density at radius 1 is 0.939 bits per heavy atom. The largest absolute Gasteiger partial charge is 0.390 e. The van der Waals surface area contributed by atoms with Crippen LogP contribution in [0.5, 0.6) is 0 Å². The van der Waals surface area contributed by atoms with Crippen LogP contribution in [-0.4, -0.2) is 27.7 Å². The van der Waals surface area contributed by atoms with E-state index in [4.69, 9.17) is 0 Å². The summed E-state index contributed by atoms with van der Waals surface area (Å²) in [5.41, 5.74) is 3.04. The number of Topliss-reactive ketones (excluding diaryl/α,β-unsaturated/α-hetero) is 1. The van der Waals surface area contributed by atoms with Gasteiger partial charge in [0.2, 0.25) is 0 Å².